The third-order valence-corrected chi connectivity index (χ3v) is 3.45. The van der Waals surface area contributed by atoms with Gasteiger partial charge in [-0.2, -0.15) is 0 Å². The summed E-state index contributed by atoms with van der Waals surface area (Å²) < 4.78 is 34.2. The lowest BCUT2D eigenvalue weighted by Gasteiger charge is -2.23. The Hall–Kier alpha value is -0.700. The zero-order chi connectivity index (χ0) is 13.5. The molecule has 18 heavy (non-hydrogen) atoms. The molecule has 1 aliphatic heterocycles. The number of alkyl halides is 1. The summed E-state index contributed by atoms with van der Waals surface area (Å²) in [4.78, 5) is 2.46. The van der Waals surface area contributed by atoms with Crippen molar-refractivity contribution in [3.63, 3.8) is 0 Å². The summed E-state index contributed by atoms with van der Waals surface area (Å²) in [6, 6.07) is 0. The van der Waals surface area contributed by atoms with E-state index >= 15 is 0 Å². The molecule has 8 heteroatoms. The summed E-state index contributed by atoms with van der Waals surface area (Å²) in [5.41, 5.74) is -1.74. The van der Waals surface area contributed by atoms with Crippen LogP contribution in [0.1, 0.15) is 19.6 Å². The van der Waals surface area contributed by atoms with Crippen LogP contribution in [0.25, 0.3) is 0 Å². The first-order valence-electron chi connectivity index (χ1n) is 5.31. The van der Waals surface area contributed by atoms with Crippen LogP contribution in [-0.4, -0.2) is 33.0 Å². The molecule has 0 bridgehead atoms. The topological polar surface area (TPSA) is 50.2 Å². The molecule has 1 aliphatic rings. The van der Waals surface area contributed by atoms with E-state index in [1.807, 2.05) is 0 Å². The lowest BCUT2D eigenvalue weighted by molar-refractivity contribution is -0.0604. The summed E-state index contributed by atoms with van der Waals surface area (Å²) in [6.07, 6.45) is -0.669. The molecule has 100 valence electrons. The summed E-state index contributed by atoms with van der Waals surface area (Å²) in [5.74, 6) is -0.703. The molecule has 0 unspecified atom stereocenters. The number of hydrogen-bond acceptors (Lipinski definition) is 4. The van der Waals surface area contributed by atoms with Gasteiger partial charge in [0.1, 0.15) is 4.64 Å². The Morgan fingerprint density at radius 1 is 1.67 bits per heavy atom. The van der Waals surface area contributed by atoms with Gasteiger partial charge in [-0.25, -0.2) is 8.78 Å². The van der Waals surface area contributed by atoms with Gasteiger partial charge in [-0.05, 0) is 19.1 Å². The molecular weight excluding hydrogens is 282 g/mol. The quantitative estimate of drug-likeness (QED) is 0.823. The van der Waals surface area contributed by atoms with Gasteiger partial charge in [0.15, 0.2) is 22.5 Å². The minimum absolute atomic E-state index is 0.0210. The monoisotopic (exact) mass is 294 g/mol. The van der Waals surface area contributed by atoms with Gasteiger partial charge < -0.3 is 14.8 Å². The van der Waals surface area contributed by atoms with Crippen LogP contribution in [0.2, 0.25) is 0 Å². The van der Waals surface area contributed by atoms with E-state index in [-0.39, 0.29) is 22.4 Å². The fourth-order valence-electron chi connectivity index (χ4n) is 2.02. The van der Waals surface area contributed by atoms with E-state index in [0.717, 1.165) is 10.8 Å². The molecule has 2 N–H and O–H groups in total. The highest BCUT2D eigenvalue weighted by atomic mass is 32.1. The lowest BCUT2D eigenvalue weighted by Crippen LogP contribution is -2.28. The third-order valence-electron chi connectivity index (χ3n) is 2.84. The van der Waals surface area contributed by atoms with E-state index in [1.54, 1.807) is 0 Å². The van der Waals surface area contributed by atoms with Crippen LogP contribution in [0.15, 0.2) is 6.20 Å². The Bertz CT molecular complexity index is 570. The fourth-order valence-corrected chi connectivity index (χ4v) is 2.48. The number of H-pyrrole nitrogens is 1. The number of halogens is 2. The lowest BCUT2D eigenvalue weighted by atomic mass is 10.0. The number of aliphatic hydroxyl groups is 1. The number of ether oxygens (including phenoxy) is 1. The van der Waals surface area contributed by atoms with Crippen molar-refractivity contribution in [3.8, 4) is 0 Å². The predicted octanol–water partition coefficient (Wildman–Crippen LogP) is 2.42. The Morgan fingerprint density at radius 2 is 2.33 bits per heavy atom. The number of nitrogens with zero attached hydrogens (tertiary/aromatic N) is 1. The molecule has 4 nitrogen and oxygen atoms in total. The molecule has 0 amide bonds. The maximum atomic E-state index is 14.3. The van der Waals surface area contributed by atoms with Crippen LogP contribution in [0.4, 0.5) is 8.78 Å². The third kappa shape index (κ3) is 2.37. The largest absolute Gasteiger partial charge is 0.394 e. The highest BCUT2D eigenvalue weighted by Crippen LogP contribution is 2.40. The van der Waals surface area contributed by atoms with Gasteiger partial charge in [0.05, 0.1) is 12.7 Å². The van der Waals surface area contributed by atoms with Gasteiger partial charge in [0, 0.05) is 12.6 Å². The van der Waals surface area contributed by atoms with Crippen molar-refractivity contribution in [2.24, 2.45) is 0 Å². The predicted molar refractivity (Wildman–Crippen MR) is 65.5 cm³/mol. The van der Waals surface area contributed by atoms with Crippen molar-refractivity contribution in [1.82, 2.24) is 9.55 Å². The van der Waals surface area contributed by atoms with E-state index in [4.69, 9.17) is 34.3 Å². The number of aliphatic hydroxyl groups excluding tert-OH is 1. The number of hydrogen-bond donors (Lipinski definition) is 2. The molecule has 2 rings (SSSR count). The second-order valence-corrected chi connectivity index (χ2v) is 5.21. The second-order valence-electron chi connectivity index (χ2n) is 4.42. The fraction of sp³-hybridized carbons (Fsp3) is 0.600. The Kier molecular flexibility index (Phi) is 3.63. The molecule has 1 saturated heterocycles. The first kappa shape index (κ1) is 13.7. The van der Waals surface area contributed by atoms with E-state index in [1.165, 1.54) is 6.92 Å². The van der Waals surface area contributed by atoms with Crippen molar-refractivity contribution >= 4 is 24.4 Å². The van der Waals surface area contributed by atoms with Gasteiger partial charge >= 0.3 is 0 Å². The highest BCUT2D eigenvalue weighted by molar-refractivity contribution is 7.72. The Balaban J connectivity index is 2.46. The number of aromatic amines is 1. The second kappa shape index (κ2) is 4.76. The van der Waals surface area contributed by atoms with Gasteiger partial charge in [0.2, 0.25) is 0 Å². The van der Waals surface area contributed by atoms with Crippen LogP contribution >= 0.6 is 24.4 Å². The Labute approximate surface area is 112 Å². The number of nitrogens with one attached hydrogen (secondary N) is 1. The van der Waals surface area contributed by atoms with Gasteiger partial charge in [-0.15, -0.1) is 0 Å². The van der Waals surface area contributed by atoms with E-state index in [2.05, 4.69) is 4.98 Å². The summed E-state index contributed by atoms with van der Waals surface area (Å²) in [5, 5.41) is 9.01. The van der Waals surface area contributed by atoms with Crippen molar-refractivity contribution in [2.45, 2.75) is 31.3 Å². The molecule has 1 aromatic heterocycles. The molecule has 3 atom stereocenters. The first-order valence-corrected chi connectivity index (χ1v) is 6.13. The molecule has 1 aromatic rings. The van der Waals surface area contributed by atoms with Crippen molar-refractivity contribution in [2.75, 3.05) is 6.61 Å². The minimum atomic E-state index is -1.74. The van der Waals surface area contributed by atoms with Crippen LogP contribution in [-0.2, 0) is 4.74 Å². The molecule has 0 aromatic carbocycles. The van der Waals surface area contributed by atoms with Crippen molar-refractivity contribution < 1.29 is 18.6 Å². The average Bonchev–Trinajstić information content (AvgIpc) is 2.59. The molecule has 2 heterocycles. The minimum Gasteiger partial charge on any atom is -0.394 e. The molecular formula is C10H12F2N2O2S2. The van der Waals surface area contributed by atoms with Gasteiger partial charge in [-0.3, -0.25) is 4.57 Å². The molecule has 0 saturated carbocycles. The summed E-state index contributed by atoms with van der Waals surface area (Å²) in [7, 11) is 0. The maximum Gasteiger partial charge on any atom is 0.180 e. The van der Waals surface area contributed by atoms with Crippen molar-refractivity contribution in [3.05, 3.63) is 21.4 Å². The smallest absolute Gasteiger partial charge is 0.180 e. The van der Waals surface area contributed by atoms with E-state index in [0.29, 0.717) is 0 Å². The molecule has 0 spiro atoms. The average molecular weight is 294 g/mol. The number of aromatic nitrogens is 2. The van der Waals surface area contributed by atoms with E-state index in [9.17, 15) is 8.78 Å². The highest BCUT2D eigenvalue weighted by Gasteiger charge is 2.46. The van der Waals surface area contributed by atoms with Crippen LogP contribution in [0.3, 0.4) is 0 Å². The molecule has 0 radical (unpaired) electrons. The normalized spacial score (nSPS) is 31.8. The zero-order valence-corrected chi connectivity index (χ0v) is 11.2. The number of rotatable bonds is 2. The zero-order valence-electron chi connectivity index (χ0n) is 9.52. The van der Waals surface area contributed by atoms with Crippen LogP contribution < -0.4 is 0 Å². The molecule has 0 aliphatic carbocycles. The maximum absolute atomic E-state index is 14.3. The summed E-state index contributed by atoms with van der Waals surface area (Å²) in [6.45, 7) is 1.03. The van der Waals surface area contributed by atoms with E-state index < -0.39 is 23.8 Å². The Morgan fingerprint density at radius 3 is 2.89 bits per heavy atom. The van der Waals surface area contributed by atoms with Gasteiger partial charge in [0.25, 0.3) is 0 Å². The summed E-state index contributed by atoms with van der Waals surface area (Å²) >= 11 is 9.67. The van der Waals surface area contributed by atoms with Crippen molar-refractivity contribution in [1.29, 1.82) is 0 Å². The SMILES string of the molecule is C[C@@]1(F)C[C@@H](CO)O[C@H]1n1cc(F)c(=S)[nH]c1=S. The van der Waals surface area contributed by atoms with Crippen LogP contribution in [0, 0.1) is 15.2 Å². The molecule has 1 fully saturated rings. The van der Waals surface area contributed by atoms with Gasteiger partial charge in [-0.1, -0.05) is 12.2 Å². The first-order chi connectivity index (χ1) is 8.35. The standard InChI is InChI=1S/C10H12F2N2O2S2/c1-10(12)2-5(4-15)16-8(10)14-3-6(11)7(17)13-9(14)18/h3,5,8,15H,2,4H2,1H3,(H,13,17,18)/t5-,8+,10+/m0/s1. The van der Waals surface area contributed by atoms with Crippen LogP contribution in [0.5, 0.6) is 0 Å².